The Kier molecular flexibility index (Phi) is 4.11. The average Bonchev–Trinajstić information content (AvgIpc) is 2.65. The molecular formula is C21H18N4O. The van der Waals surface area contributed by atoms with Gasteiger partial charge < -0.3 is 15.7 Å². The number of anilines is 4. The lowest BCUT2D eigenvalue weighted by molar-refractivity contribution is 0.477. The van der Waals surface area contributed by atoms with Gasteiger partial charge in [-0.05, 0) is 43.3 Å². The van der Waals surface area contributed by atoms with Crippen LogP contribution in [0.15, 0.2) is 72.8 Å². The van der Waals surface area contributed by atoms with E-state index in [0.717, 1.165) is 16.6 Å². The molecule has 3 N–H and O–H groups in total. The van der Waals surface area contributed by atoms with Crippen LogP contribution in [0, 0.1) is 6.92 Å². The highest BCUT2D eigenvalue weighted by atomic mass is 16.3. The predicted molar refractivity (Wildman–Crippen MR) is 105 cm³/mol. The summed E-state index contributed by atoms with van der Waals surface area (Å²) < 4.78 is 0. The van der Waals surface area contributed by atoms with E-state index in [2.05, 4.69) is 27.5 Å². The summed E-state index contributed by atoms with van der Waals surface area (Å²) in [5.74, 6) is 1.27. The van der Waals surface area contributed by atoms with E-state index in [1.807, 2.05) is 54.6 Å². The first kappa shape index (κ1) is 15.9. The molecule has 0 radical (unpaired) electrons. The molecular weight excluding hydrogens is 324 g/mol. The molecule has 0 aliphatic heterocycles. The fourth-order valence-electron chi connectivity index (χ4n) is 2.70. The zero-order valence-corrected chi connectivity index (χ0v) is 14.3. The number of phenols is 1. The van der Waals surface area contributed by atoms with E-state index in [4.69, 9.17) is 0 Å². The summed E-state index contributed by atoms with van der Waals surface area (Å²) in [7, 11) is 0. The van der Waals surface area contributed by atoms with Gasteiger partial charge in [-0.25, -0.2) is 4.98 Å². The number of aromatic nitrogens is 2. The fourth-order valence-corrected chi connectivity index (χ4v) is 2.70. The quantitative estimate of drug-likeness (QED) is 0.448. The van der Waals surface area contributed by atoms with Gasteiger partial charge in [-0.3, -0.25) is 0 Å². The minimum absolute atomic E-state index is 0.150. The molecule has 0 atom stereocenters. The van der Waals surface area contributed by atoms with Crippen LogP contribution in [0.1, 0.15) is 5.56 Å². The monoisotopic (exact) mass is 342 g/mol. The number of aryl methyl sites for hydroxylation is 1. The van der Waals surface area contributed by atoms with E-state index in [9.17, 15) is 5.11 Å². The number of aromatic hydroxyl groups is 1. The summed E-state index contributed by atoms with van der Waals surface area (Å²) in [5, 5.41) is 17.4. The fraction of sp³-hybridized carbons (Fsp3) is 0.0476. The topological polar surface area (TPSA) is 70.1 Å². The summed E-state index contributed by atoms with van der Waals surface area (Å²) in [5.41, 5.74) is 3.53. The van der Waals surface area contributed by atoms with Crippen LogP contribution in [0.3, 0.4) is 0 Å². The third kappa shape index (κ3) is 3.28. The molecule has 0 unspecified atom stereocenters. The van der Waals surface area contributed by atoms with Gasteiger partial charge in [0.2, 0.25) is 5.95 Å². The zero-order chi connectivity index (χ0) is 17.9. The number of benzene rings is 3. The van der Waals surface area contributed by atoms with Gasteiger partial charge in [0, 0.05) is 11.1 Å². The molecule has 0 aliphatic rings. The maximum Gasteiger partial charge on any atom is 0.229 e. The number of rotatable bonds is 4. The van der Waals surface area contributed by atoms with Crippen LogP contribution in [-0.4, -0.2) is 15.1 Å². The molecule has 0 saturated carbocycles. The van der Waals surface area contributed by atoms with E-state index in [1.165, 1.54) is 5.56 Å². The summed E-state index contributed by atoms with van der Waals surface area (Å²) in [6.45, 7) is 2.05. The van der Waals surface area contributed by atoms with Crippen molar-refractivity contribution in [2.45, 2.75) is 6.92 Å². The standard InChI is InChI=1S/C21H18N4O/c1-14-10-12-15(13-11-14)22-20-16-6-2-3-7-17(16)23-21(25-20)24-18-8-4-5-9-19(18)26/h2-13,26H,1H3,(H2,22,23,24,25). The largest absolute Gasteiger partial charge is 0.506 e. The summed E-state index contributed by atoms with van der Waals surface area (Å²) in [6, 6.07) is 23.0. The molecule has 26 heavy (non-hydrogen) atoms. The van der Waals surface area contributed by atoms with Crippen LogP contribution in [0.2, 0.25) is 0 Å². The summed E-state index contributed by atoms with van der Waals surface area (Å²) in [4.78, 5) is 9.17. The first-order chi connectivity index (χ1) is 12.7. The number of para-hydroxylation sites is 3. The Morgan fingerprint density at radius 2 is 1.50 bits per heavy atom. The van der Waals surface area contributed by atoms with Crippen LogP contribution >= 0.6 is 0 Å². The van der Waals surface area contributed by atoms with E-state index in [-0.39, 0.29) is 5.75 Å². The van der Waals surface area contributed by atoms with Gasteiger partial charge in [-0.2, -0.15) is 4.98 Å². The normalized spacial score (nSPS) is 10.7. The second-order valence-corrected chi connectivity index (χ2v) is 6.05. The van der Waals surface area contributed by atoms with Crippen LogP contribution in [0.25, 0.3) is 10.9 Å². The predicted octanol–water partition coefficient (Wildman–Crippen LogP) is 5.13. The third-order valence-corrected chi connectivity index (χ3v) is 4.07. The summed E-state index contributed by atoms with van der Waals surface area (Å²) in [6.07, 6.45) is 0. The molecule has 3 aromatic carbocycles. The Morgan fingerprint density at radius 3 is 2.31 bits per heavy atom. The molecule has 0 bridgehead atoms. The first-order valence-corrected chi connectivity index (χ1v) is 8.34. The van der Waals surface area contributed by atoms with E-state index in [0.29, 0.717) is 17.5 Å². The van der Waals surface area contributed by atoms with Crippen molar-refractivity contribution in [3.63, 3.8) is 0 Å². The van der Waals surface area contributed by atoms with Crippen molar-refractivity contribution in [2.24, 2.45) is 0 Å². The van der Waals surface area contributed by atoms with Crippen LogP contribution in [0.5, 0.6) is 5.75 Å². The highest BCUT2D eigenvalue weighted by Crippen LogP contribution is 2.29. The molecule has 4 rings (SSSR count). The molecule has 1 heterocycles. The molecule has 4 aromatic rings. The molecule has 0 saturated heterocycles. The van der Waals surface area contributed by atoms with Crippen molar-refractivity contribution >= 4 is 34.0 Å². The molecule has 128 valence electrons. The van der Waals surface area contributed by atoms with Crippen LogP contribution in [-0.2, 0) is 0 Å². The number of nitrogens with zero attached hydrogens (tertiary/aromatic N) is 2. The van der Waals surface area contributed by atoms with Crippen molar-refractivity contribution in [1.82, 2.24) is 9.97 Å². The molecule has 0 aliphatic carbocycles. The lowest BCUT2D eigenvalue weighted by Gasteiger charge is -2.12. The van der Waals surface area contributed by atoms with Gasteiger partial charge in [0.05, 0.1) is 11.2 Å². The Morgan fingerprint density at radius 1 is 0.769 bits per heavy atom. The Balaban J connectivity index is 1.75. The Bertz CT molecular complexity index is 1060. The average molecular weight is 342 g/mol. The van der Waals surface area contributed by atoms with Crippen molar-refractivity contribution in [3.8, 4) is 5.75 Å². The maximum atomic E-state index is 9.98. The van der Waals surface area contributed by atoms with Gasteiger partial charge in [-0.15, -0.1) is 0 Å². The Hall–Kier alpha value is -3.60. The highest BCUT2D eigenvalue weighted by molar-refractivity contribution is 5.92. The Labute approximate surface area is 151 Å². The molecule has 5 nitrogen and oxygen atoms in total. The lowest BCUT2D eigenvalue weighted by Crippen LogP contribution is -2.02. The SMILES string of the molecule is Cc1ccc(Nc2nc(Nc3ccccc3O)nc3ccccc23)cc1. The van der Waals surface area contributed by atoms with Gasteiger partial charge in [-0.1, -0.05) is 42.0 Å². The van der Waals surface area contributed by atoms with Crippen molar-refractivity contribution < 1.29 is 5.11 Å². The van der Waals surface area contributed by atoms with Crippen molar-refractivity contribution in [2.75, 3.05) is 10.6 Å². The molecule has 0 spiro atoms. The number of hydrogen-bond acceptors (Lipinski definition) is 5. The minimum atomic E-state index is 0.150. The third-order valence-electron chi connectivity index (χ3n) is 4.07. The maximum absolute atomic E-state index is 9.98. The van der Waals surface area contributed by atoms with Gasteiger partial charge >= 0.3 is 0 Å². The van der Waals surface area contributed by atoms with Gasteiger partial charge in [0.25, 0.3) is 0 Å². The number of hydrogen-bond donors (Lipinski definition) is 3. The second-order valence-electron chi connectivity index (χ2n) is 6.05. The second kappa shape index (κ2) is 6.72. The number of fused-ring (bicyclic) bond motifs is 1. The summed E-state index contributed by atoms with van der Waals surface area (Å²) >= 11 is 0. The van der Waals surface area contributed by atoms with Gasteiger partial charge in [0.1, 0.15) is 11.6 Å². The lowest BCUT2D eigenvalue weighted by atomic mass is 10.2. The van der Waals surface area contributed by atoms with E-state index in [1.54, 1.807) is 18.2 Å². The van der Waals surface area contributed by atoms with E-state index >= 15 is 0 Å². The van der Waals surface area contributed by atoms with Crippen LogP contribution in [0.4, 0.5) is 23.1 Å². The zero-order valence-electron chi connectivity index (χ0n) is 14.3. The molecule has 1 aromatic heterocycles. The molecule has 0 fully saturated rings. The minimum Gasteiger partial charge on any atom is -0.506 e. The highest BCUT2D eigenvalue weighted by Gasteiger charge is 2.09. The smallest absolute Gasteiger partial charge is 0.229 e. The number of nitrogens with one attached hydrogen (secondary N) is 2. The van der Waals surface area contributed by atoms with Crippen molar-refractivity contribution in [3.05, 3.63) is 78.4 Å². The first-order valence-electron chi connectivity index (χ1n) is 8.34. The van der Waals surface area contributed by atoms with Crippen LogP contribution < -0.4 is 10.6 Å². The molecule has 0 amide bonds. The van der Waals surface area contributed by atoms with E-state index < -0.39 is 0 Å². The number of phenolic OH excluding ortho intramolecular Hbond substituents is 1. The molecule has 5 heteroatoms. The van der Waals surface area contributed by atoms with Crippen molar-refractivity contribution in [1.29, 1.82) is 0 Å². The van der Waals surface area contributed by atoms with Gasteiger partial charge in [0.15, 0.2) is 0 Å².